The van der Waals surface area contributed by atoms with Gasteiger partial charge < -0.3 is 4.90 Å². The van der Waals surface area contributed by atoms with Gasteiger partial charge in [-0.25, -0.2) is 0 Å². The minimum Gasteiger partial charge on any atom is -0.367 e. The second kappa shape index (κ2) is 7.56. The van der Waals surface area contributed by atoms with Crippen LogP contribution in [0, 0.1) is 10.8 Å². The van der Waals surface area contributed by atoms with Gasteiger partial charge in [0.15, 0.2) is 0 Å². The average Bonchev–Trinajstić information content (AvgIpc) is 2.33. The van der Waals surface area contributed by atoms with Crippen molar-refractivity contribution in [1.29, 1.82) is 0 Å². The van der Waals surface area contributed by atoms with Crippen LogP contribution in [0.1, 0.15) is 87.6 Å². The van der Waals surface area contributed by atoms with Gasteiger partial charge in [0.2, 0.25) is 0 Å². The van der Waals surface area contributed by atoms with E-state index in [9.17, 15) is 0 Å². The van der Waals surface area contributed by atoms with Gasteiger partial charge in [-0.3, -0.25) is 0 Å². The number of hydrogen-bond acceptors (Lipinski definition) is 1. The highest BCUT2D eigenvalue weighted by Gasteiger charge is 2.39. The lowest BCUT2D eigenvalue weighted by atomic mass is 9.75. The molecule has 0 aliphatic rings. The molecule has 1 aromatic carbocycles. The van der Waals surface area contributed by atoms with Gasteiger partial charge in [-0.1, -0.05) is 71.9 Å². The van der Waals surface area contributed by atoms with Gasteiger partial charge in [0, 0.05) is 17.3 Å². The van der Waals surface area contributed by atoms with Crippen molar-refractivity contribution in [2.24, 2.45) is 10.8 Å². The Hall–Kier alpha value is -1.24. The smallest absolute Gasteiger partial charge is 0.0351 e. The normalized spacial score (nSPS) is 14.2. The van der Waals surface area contributed by atoms with E-state index in [1.165, 1.54) is 5.56 Å². The van der Waals surface area contributed by atoms with E-state index in [2.05, 4.69) is 117 Å². The monoisotopic (exact) mass is 343 g/mol. The zero-order valence-corrected chi connectivity index (χ0v) is 18.4. The van der Waals surface area contributed by atoms with Crippen LogP contribution >= 0.6 is 0 Å². The van der Waals surface area contributed by atoms with Crippen molar-refractivity contribution in [2.45, 2.75) is 93.2 Å². The number of rotatable bonds is 6. The third kappa shape index (κ3) is 7.67. The van der Waals surface area contributed by atoms with Crippen molar-refractivity contribution >= 4 is 6.08 Å². The Morgan fingerprint density at radius 1 is 0.680 bits per heavy atom. The van der Waals surface area contributed by atoms with Crippen LogP contribution in [-0.4, -0.2) is 16.0 Å². The van der Waals surface area contributed by atoms with Crippen molar-refractivity contribution in [3.63, 3.8) is 0 Å². The highest BCUT2D eigenvalue weighted by molar-refractivity contribution is 5.48. The Labute approximate surface area is 157 Å². The summed E-state index contributed by atoms with van der Waals surface area (Å²) in [5.74, 6) is 0. The lowest BCUT2D eigenvalue weighted by Crippen LogP contribution is -2.54. The van der Waals surface area contributed by atoms with Gasteiger partial charge in [-0.2, -0.15) is 0 Å². The molecule has 0 unspecified atom stereocenters. The Bertz CT molecular complexity index is 522. The summed E-state index contributed by atoms with van der Waals surface area (Å²) < 4.78 is 0. The first kappa shape index (κ1) is 21.8. The minimum atomic E-state index is 0.0816. The zero-order valence-electron chi connectivity index (χ0n) is 18.4. The summed E-state index contributed by atoms with van der Waals surface area (Å²) in [5, 5.41) is 0. The lowest BCUT2D eigenvalue weighted by Gasteiger charge is -2.52. The summed E-state index contributed by atoms with van der Waals surface area (Å²) in [4.78, 5) is 2.60. The predicted molar refractivity (Wildman–Crippen MR) is 114 cm³/mol. The van der Waals surface area contributed by atoms with Crippen molar-refractivity contribution < 1.29 is 0 Å². The molecule has 0 N–H and O–H groups in total. The second-order valence-corrected chi connectivity index (χ2v) is 11.2. The van der Waals surface area contributed by atoms with Crippen molar-refractivity contribution in [2.75, 3.05) is 0 Å². The molecule has 0 amide bonds. The SMILES string of the molecule is CC(C)(C)CC(C)(C)N(C=Cc1ccccc1)C(C)(C)CC(C)(C)C. The average molecular weight is 344 g/mol. The standard InChI is InChI=1S/C24H41N/c1-21(2,3)18-23(7,8)25(24(9,10)19-22(4,5)6)17-16-20-14-12-11-13-15-20/h11-17H,18-19H2,1-10H3. The van der Waals surface area contributed by atoms with Gasteiger partial charge in [-0.05, 0) is 63.0 Å². The van der Waals surface area contributed by atoms with Crippen LogP contribution in [0.4, 0.5) is 0 Å². The molecule has 1 aromatic rings. The van der Waals surface area contributed by atoms with Crippen LogP contribution in [0.5, 0.6) is 0 Å². The summed E-state index contributed by atoms with van der Waals surface area (Å²) in [6.45, 7) is 23.6. The summed E-state index contributed by atoms with van der Waals surface area (Å²) in [5.41, 5.74) is 2.00. The highest BCUT2D eigenvalue weighted by atomic mass is 15.2. The van der Waals surface area contributed by atoms with Crippen LogP contribution in [0.25, 0.3) is 6.08 Å². The summed E-state index contributed by atoms with van der Waals surface area (Å²) in [6.07, 6.45) is 6.88. The molecule has 0 aliphatic carbocycles. The van der Waals surface area contributed by atoms with E-state index in [4.69, 9.17) is 0 Å². The van der Waals surface area contributed by atoms with E-state index in [-0.39, 0.29) is 11.1 Å². The molecule has 0 atom stereocenters. The fourth-order valence-corrected chi connectivity index (χ4v) is 4.71. The molecular weight excluding hydrogens is 302 g/mol. The highest BCUT2D eigenvalue weighted by Crippen LogP contribution is 2.40. The van der Waals surface area contributed by atoms with E-state index in [1.807, 2.05) is 0 Å². The molecule has 1 heteroatoms. The maximum Gasteiger partial charge on any atom is 0.0351 e. The Morgan fingerprint density at radius 2 is 1.08 bits per heavy atom. The van der Waals surface area contributed by atoms with Crippen molar-refractivity contribution in [3.8, 4) is 0 Å². The third-order valence-electron chi connectivity index (χ3n) is 4.45. The van der Waals surface area contributed by atoms with E-state index >= 15 is 0 Å². The van der Waals surface area contributed by atoms with Crippen molar-refractivity contribution in [3.05, 3.63) is 42.1 Å². The lowest BCUT2D eigenvalue weighted by molar-refractivity contribution is 0.0175. The molecule has 0 spiro atoms. The molecule has 0 saturated heterocycles. The van der Waals surface area contributed by atoms with Crippen LogP contribution in [0.15, 0.2) is 36.5 Å². The van der Waals surface area contributed by atoms with E-state index in [0.717, 1.165) is 12.8 Å². The molecule has 0 bridgehead atoms. The number of benzene rings is 1. The molecule has 0 aromatic heterocycles. The van der Waals surface area contributed by atoms with Crippen LogP contribution in [0.2, 0.25) is 0 Å². The van der Waals surface area contributed by atoms with Crippen LogP contribution in [-0.2, 0) is 0 Å². The first-order valence-corrected chi connectivity index (χ1v) is 9.65. The van der Waals surface area contributed by atoms with Gasteiger partial charge in [-0.15, -0.1) is 0 Å². The second-order valence-electron chi connectivity index (χ2n) is 11.2. The predicted octanol–water partition coefficient (Wildman–Crippen LogP) is 7.39. The maximum atomic E-state index is 2.60. The quantitative estimate of drug-likeness (QED) is 0.520. The largest absolute Gasteiger partial charge is 0.367 e. The van der Waals surface area contributed by atoms with Gasteiger partial charge in [0.25, 0.3) is 0 Å². The molecule has 1 nitrogen and oxygen atoms in total. The van der Waals surface area contributed by atoms with Gasteiger partial charge in [0.1, 0.15) is 0 Å². The molecule has 25 heavy (non-hydrogen) atoms. The van der Waals surface area contributed by atoms with Crippen molar-refractivity contribution in [1.82, 2.24) is 4.90 Å². The topological polar surface area (TPSA) is 3.24 Å². The first-order chi connectivity index (χ1) is 11.1. The molecule has 0 aliphatic heterocycles. The molecule has 0 heterocycles. The van der Waals surface area contributed by atoms with E-state index < -0.39 is 0 Å². The Balaban J connectivity index is 3.24. The fraction of sp³-hybridized carbons (Fsp3) is 0.667. The molecular formula is C24H41N. The van der Waals surface area contributed by atoms with Gasteiger partial charge in [0.05, 0.1) is 0 Å². The van der Waals surface area contributed by atoms with E-state index in [1.54, 1.807) is 0 Å². The molecule has 1 rings (SSSR count). The number of nitrogens with zero attached hydrogens (tertiary/aromatic N) is 1. The van der Waals surface area contributed by atoms with Crippen LogP contribution in [0.3, 0.4) is 0 Å². The Morgan fingerprint density at radius 3 is 1.44 bits per heavy atom. The third-order valence-corrected chi connectivity index (χ3v) is 4.45. The molecule has 0 saturated carbocycles. The first-order valence-electron chi connectivity index (χ1n) is 9.65. The van der Waals surface area contributed by atoms with Gasteiger partial charge >= 0.3 is 0 Å². The molecule has 142 valence electrons. The zero-order chi connectivity index (χ0) is 19.5. The number of hydrogen-bond donors (Lipinski definition) is 0. The van der Waals surface area contributed by atoms with Crippen LogP contribution < -0.4 is 0 Å². The fourth-order valence-electron chi connectivity index (χ4n) is 4.71. The Kier molecular flexibility index (Phi) is 6.59. The summed E-state index contributed by atoms with van der Waals surface area (Å²) >= 11 is 0. The maximum absolute atomic E-state index is 2.60. The summed E-state index contributed by atoms with van der Waals surface area (Å²) in [7, 11) is 0. The van der Waals surface area contributed by atoms with E-state index in [0.29, 0.717) is 10.8 Å². The molecule has 0 radical (unpaired) electrons. The minimum absolute atomic E-state index is 0.0816. The molecule has 0 fully saturated rings. The summed E-state index contributed by atoms with van der Waals surface area (Å²) in [6, 6.07) is 10.6.